The molecule has 0 aliphatic carbocycles. The van der Waals surface area contributed by atoms with Gasteiger partial charge < -0.3 is 14.3 Å². The summed E-state index contributed by atoms with van der Waals surface area (Å²) in [5.74, 6) is 1.31. The van der Waals surface area contributed by atoms with Crippen LogP contribution in [0.2, 0.25) is 0 Å². The van der Waals surface area contributed by atoms with Crippen molar-refractivity contribution in [2.24, 2.45) is 11.8 Å². The number of nitrogens with zero attached hydrogens (tertiary/aromatic N) is 3. The van der Waals surface area contributed by atoms with Gasteiger partial charge in [-0.25, -0.2) is 4.39 Å². The Bertz CT molecular complexity index is 1030. The summed E-state index contributed by atoms with van der Waals surface area (Å²) in [6, 6.07) is 4.99. The molecule has 1 amide bonds. The van der Waals surface area contributed by atoms with Gasteiger partial charge in [-0.2, -0.15) is 0 Å². The highest BCUT2D eigenvalue weighted by molar-refractivity contribution is 5.94. The Kier molecular flexibility index (Phi) is 7.76. The lowest BCUT2D eigenvalue weighted by Crippen LogP contribution is -2.51. The van der Waals surface area contributed by atoms with Gasteiger partial charge >= 0.3 is 0 Å². The molecule has 34 heavy (non-hydrogen) atoms. The van der Waals surface area contributed by atoms with Gasteiger partial charge in [0, 0.05) is 42.1 Å². The minimum atomic E-state index is -0.298. The Morgan fingerprint density at radius 2 is 1.91 bits per heavy atom. The number of aromatic nitrogens is 1. The quantitative estimate of drug-likeness (QED) is 0.476. The SMILES string of the molecule is CC(C)=C(CCN1CCC(c2noc3cc(F)ccc23)CC1)C(=O)N1CCCC(C)C1C(C)C. The van der Waals surface area contributed by atoms with Crippen molar-refractivity contribution in [1.82, 2.24) is 15.0 Å². The zero-order valence-electron chi connectivity index (χ0n) is 21.4. The van der Waals surface area contributed by atoms with Crippen LogP contribution in [-0.2, 0) is 4.79 Å². The van der Waals surface area contributed by atoms with Crippen LogP contribution in [0.25, 0.3) is 11.0 Å². The number of hydrogen-bond donors (Lipinski definition) is 0. The van der Waals surface area contributed by atoms with Crippen molar-refractivity contribution in [1.29, 1.82) is 0 Å². The van der Waals surface area contributed by atoms with Gasteiger partial charge in [-0.05, 0) is 83.0 Å². The van der Waals surface area contributed by atoms with Crippen LogP contribution < -0.4 is 0 Å². The van der Waals surface area contributed by atoms with E-state index in [1.807, 2.05) is 0 Å². The van der Waals surface area contributed by atoms with E-state index in [1.165, 1.54) is 18.6 Å². The highest BCUT2D eigenvalue weighted by Gasteiger charge is 2.35. The molecule has 1 aromatic heterocycles. The minimum absolute atomic E-state index is 0.251. The number of carbonyl (C=O) groups is 1. The molecule has 1 aromatic carbocycles. The molecule has 6 heteroatoms. The van der Waals surface area contributed by atoms with E-state index in [0.717, 1.165) is 74.1 Å². The molecule has 2 aliphatic rings. The van der Waals surface area contributed by atoms with E-state index >= 15 is 0 Å². The van der Waals surface area contributed by atoms with Crippen molar-refractivity contribution in [3.8, 4) is 0 Å². The third-order valence-electron chi connectivity index (χ3n) is 7.92. The first-order valence-corrected chi connectivity index (χ1v) is 13.0. The Morgan fingerprint density at radius 3 is 2.59 bits per heavy atom. The molecule has 2 fully saturated rings. The lowest BCUT2D eigenvalue weighted by Gasteiger charge is -2.43. The van der Waals surface area contributed by atoms with Crippen LogP contribution in [-0.4, -0.2) is 53.1 Å². The second-order valence-corrected chi connectivity index (χ2v) is 10.9. The fourth-order valence-corrected chi connectivity index (χ4v) is 6.13. The first kappa shape index (κ1) is 24.9. The van der Waals surface area contributed by atoms with Crippen molar-refractivity contribution >= 4 is 16.9 Å². The maximum atomic E-state index is 13.6. The Hall–Kier alpha value is -2.21. The fourth-order valence-electron chi connectivity index (χ4n) is 6.13. The fraction of sp³-hybridized carbons (Fsp3) is 0.643. The number of amides is 1. The summed E-state index contributed by atoms with van der Waals surface area (Å²) in [5.41, 5.74) is 3.61. The van der Waals surface area contributed by atoms with Crippen LogP contribution >= 0.6 is 0 Å². The Labute approximate surface area is 203 Å². The molecule has 2 unspecified atom stereocenters. The molecule has 0 radical (unpaired) electrons. The highest BCUT2D eigenvalue weighted by atomic mass is 19.1. The van der Waals surface area contributed by atoms with E-state index in [0.29, 0.717) is 29.4 Å². The third kappa shape index (κ3) is 5.22. The van der Waals surface area contributed by atoms with E-state index in [1.54, 1.807) is 6.07 Å². The number of fused-ring (bicyclic) bond motifs is 1. The summed E-state index contributed by atoms with van der Waals surface area (Å²) in [6.45, 7) is 14.7. The summed E-state index contributed by atoms with van der Waals surface area (Å²) < 4.78 is 18.9. The lowest BCUT2D eigenvalue weighted by atomic mass is 9.83. The zero-order valence-corrected chi connectivity index (χ0v) is 21.4. The molecule has 186 valence electrons. The summed E-state index contributed by atoms with van der Waals surface area (Å²) >= 11 is 0. The third-order valence-corrected chi connectivity index (χ3v) is 7.92. The first-order chi connectivity index (χ1) is 16.3. The molecule has 2 aromatic rings. The molecular weight excluding hydrogens is 429 g/mol. The molecule has 3 heterocycles. The number of benzene rings is 1. The largest absolute Gasteiger partial charge is 0.356 e. The molecule has 5 nitrogen and oxygen atoms in total. The van der Waals surface area contributed by atoms with E-state index in [4.69, 9.17) is 4.52 Å². The van der Waals surface area contributed by atoms with Gasteiger partial charge in [0.25, 0.3) is 0 Å². The molecule has 0 bridgehead atoms. The summed E-state index contributed by atoms with van der Waals surface area (Å²) in [6.07, 6.45) is 5.10. The molecule has 2 atom stereocenters. The van der Waals surface area contributed by atoms with Gasteiger partial charge in [0.2, 0.25) is 5.91 Å². The van der Waals surface area contributed by atoms with Crippen LogP contribution in [0.5, 0.6) is 0 Å². The van der Waals surface area contributed by atoms with Crippen molar-refractivity contribution in [3.63, 3.8) is 0 Å². The predicted molar refractivity (Wildman–Crippen MR) is 134 cm³/mol. The molecule has 4 rings (SSSR count). The van der Waals surface area contributed by atoms with Crippen molar-refractivity contribution in [2.45, 2.75) is 78.7 Å². The summed E-state index contributed by atoms with van der Waals surface area (Å²) in [4.78, 5) is 18.3. The van der Waals surface area contributed by atoms with Crippen molar-refractivity contribution in [3.05, 3.63) is 40.9 Å². The number of piperidine rings is 2. The van der Waals surface area contributed by atoms with Crippen LogP contribution in [0.15, 0.2) is 33.9 Å². The van der Waals surface area contributed by atoms with Crippen molar-refractivity contribution < 1.29 is 13.7 Å². The van der Waals surface area contributed by atoms with Crippen LogP contribution in [0.4, 0.5) is 4.39 Å². The predicted octanol–water partition coefficient (Wildman–Crippen LogP) is 6.16. The monoisotopic (exact) mass is 469 g/mol. The Balaban J connectivity index is 1.36. The number of allylic oxidation sites excluding steroid dienone is 1. The topological polar surface area (TPSA) is 49.6 Å². The van der Waals surface area contributed by atoms with Gasteiger partial charge in [0.05, 0.1) is 5.69 Å². The number of rotatable bonds is 6. The number of carbonyl (C=O) groups excluding carboxylic acids is 1. The van der Waals surface area contributed by atoms with Crippen LogP contribution in [0.3, 0.4) is 0 Å². The van der Waals surface area contributed by atoms with Gasteiger partial charge in [-0.1, -0.05) is 31.5 Å². The maximum Gasteiger partial charge on any atom is 0.250 e. The second kappa shape index (κ2) is 10.6. The molecule has 0 saturated carbocycles. The molecular formula is C28H40FN3O2. The molecule has 0 N–H and O–H groups in total. The van der Waals surface area contributed by atoms with Gasteiger partial charge in [0.15, 0.2) is 5.58 Å². The van der Waals surface area contributed by atoms with Gasteiger partial charge in [-0.3, -0.25) is 4.79 Å². The molecule has 2 saturated heterocycles. The molecule has 2 aliphatic heterocycles. The van der Waals surface area contributed by atoms with Crippen LogP contribution in [0, 0.1) is 17.7 Å². The Morgan fingerprint density at radius 1 is 1.18 bits per heavy atom. The standard InChI is InChI=1S/C28H40FN3O2/c1-18(2)23(28(33)32-13-6-7-20(5)27(32)19(3)4)12-16-31-14-10-21(11-15-31)26-24-9-8-22(29)17-25(24)34-30-26/h8-9,17,19-21,27H,6-7,10-16H2,1-5H3. The number of hydrogen-bond acceptors (Lipinski definition) is 4. The number of likely N-dealkylation sites (tertiary alicyclic amines) is 2. The highest BCUT2D eigenvalue weighted by Crippen LogP contribution is 2.34. The first-order valence-electron chi connectivity index (χ1n) is 13.0. The normalized spacial score (nSPS) is 22.5. The van der Waals surface area contributed by atoms with Gasteiger partial charge in [-0.15, -0.1) is 0 Å². The van der Waals surface area contributed by atoms with E-state index < -0.39 is 0 Å². The van der Waals surface area contributed by atoms with E-state index in [-0.39, 0.29) is 11.7 Å². The minimum Gasteiger partial charge on any atom is -0.356 e. The average molecular weight is 470 g/mol. The summed E-state index contributed by atoms with van der Waals surface area (Å²) in [7, 11) is 0. The van der Waals surface area contributed by atoms with Crippen LogP contribution in [0.1, 0.15) is 78.3 Å². The smallest absolute Gasteiger partial charge is 0.250 e. The average Bonchev–Trinajstić information content (AvgIpc) is 3.21. The second-order valence-electron chi connectivity index (χ2n) is 10.9. The van der Waals surface area contributed by atoms with Gasteiger partial charge in [0.1, 0.15) is 5.82 Å². The number of halogens is 1. The zero-order chi connectivity index (χ0) is 24.4. The summed E-state index contributed by atoms with van der Waals surface area (Å²) in [5, 5.41) is 5.19. The molecule has 0 spiro atoms. The van der Waals surface area contributed by atoms with Crippen molar-refractivity contribution in [2.75, 3.05) is 26.2 Å². The van der Waals surface area contributed by atoms with E-state index in [9.17, 15) is 9.18 Å². The lowest BCUT2D eigenvalue weighted by molar-refractivity contribution is -0.133. The maximum absolute atomic E-state index is 13.6. The van der Waals surface area contributed by atoms with E-state index in [2.05, 4.69) is 49.6 Å².